The van der Waals surface area contributed by atoms with Gasteiger partial charge >= 0.3 is 0 Å². The van der Waals surface area contributed by atoms with Gasteiger partial charge in [0, 0.05) is 12.6 Å². The van der Waals surface area contributed by atoms with Crippen molar-refractivity contribution in [2.45, 2.75) is 19.8 Å². The molecule has 0 radical (unpaired) electrons. The zero-order valence-electron chi connectivity index (χ0n) is 13.4. The molecule has 0 unspecified atom stereocenters. The van der Waals surface area contributed by atoms with Crippen LogP contribution in [0.25, 0.3) is 11.0 Å². The molecule has 4 nitrogen and oxygen atoms in total. The minimum atomic E-state index is -0.256. The summed E-state index contributed by atoms with van der Waals surface area (Å²) in [5, 5.41) is 0.490. The quantitative estimate of drug-likeness (QED) is 0.687. The van der Waals surface area contributed by atoms with Crippen LogP contribution in [-0.4, -0.2) is 12.5 Å². The molecule has 0 N–H and O–H groups in total. The third-order valence-corrected chi connectivity index (χ3v) is 4.51. The normalized spacial score (nSPS) is 13.8. The van der Waals surface area contributed by atoms with Gasteiger partial charge in [0.15, 0.2) is 11.2 Å². The molecule has 2 heterocycles. The first-order valence-electron chi connectivity index (χ1n) is 8.08. The molecule has 3 aromatic rings. The number of anilines is 1. The van der Waals surface area contributed by atoms with Gasteiger partial charge in [-0.3, -0.25) is 9.59 Å². The van der Waals surface area contributed by atoms with Gasteiger partial charge in [0.05, 0.1) is 11.1 Å². The third-order valence-electron chi connectivity index (χ3n) is 4.51. The van der Waals surface area contributed by atoms with Crippen LogP contribution < -0.4 is 10.3 Å². The molecular weight excluding hydrogens is 302 g/mol. The van der Waals surface area contributed by atoms with Gasteiger partial charge in [-0.05, 0) is 43.0 Å². The van der Waals surface area contributed by atoms with Crippen molar-refractivity contribution >= 4 is 22.6 Å². The largest absolute Gasteiger partial charge is 0.451 e. The lowest BCUT2D eigenvalue weighted by molar-refractivity contribution is 0.0959. The number of aryl methyl sites for hydroxylation is 2. The molecule has 0 fully saturated rings. The highest BCUT2D eigenvalue weighted by Gasteiger charge is 2.27. The molecule has 2 aromatic carbocycles. The number of benzene rings is 2. The summed E-state index contributed by atoms with van der Waals surface area (Å²) in [7, 11) is 0. The number of hydrogen-bond acceptors (Lipinski definition) is 3. The van der Waals surface area contributed by atoms with E-state index in [1.54, 1.807) is 29.2 Å². The Labute approximate surface area is 139 Å². The Bertz CT molecular complexity index is 1000. The number of carbonyl (C=O) groups excluding carboxylic acids is 1. The first-order valence-corrected chi connectivity index (χ1v) is 8.08. The molecule has 0 atom stereocenters. The van der Waals surface area contributed by atoms with Crippen molar-refractivity contribution in [3.8, 4) is 0 Å². The highest BCUT2D eigenvalue weighted by molar-refractivity contribution is 6.06. The Morgan fingerprint density at radius 2 is 1.96 bits per heavy atom. The molecule has 4 rings (SSSR count). The predicted molar refractivity (Wildman–Crippen MR) is 93.7 cm³/mol. The van der Waals surface area contributed by atoms with E-state index in [0.29, 0.717) is 17.5 Å². The highest BCUT2D eigenvalue weighted by atomic mass is 16.3. The van der Waals surface area contributed by atoms with Gasteiger partial charge in [-0.25, -0.2) is 0 Å². The Morgan fingerprint density at radius 1 is 1.12 bits per heavy atom. The van der Waals surface area contributed by atoms with Crippen LogP contribution >= 0.6 is 0 Å². The molecule has 0 saturated carbocycles. The molecule has 1 aromatic heterocycles. The fraction of sp³-hybridized carbons (Fsp3) is 0.200. The number of carbonyl (C=O) groups is 1. The van der Waals surface area contributed by atoms with Gasteiger partial charge in [0.1, 0.15) is 5.58 Å². The molecule has 24 heavy (non-hydrogen) atoms. The lowest BCUT2D eigenvalue weighted by Crippen LogP contribution is -2.36. The van der Waals surface area contributed by atoms with E-state index >= 15 is 0 Å². The SMILES string of the molecule is Cc1cccc2c1N(C(=O)c1cc(=O)c3ccccc3o1)CCC2. The summed E-state index contributed by atoms with van der Waals surface area (Å²) >= 11 is 0. The van der Waals surface area contributed by atoms with Crippen molar-refractivity contribution in [2.75, 3.05) is 11.4 Å². The molecule has 120 valence electrons. The van der Waals surface area contributed by atoms with Crippen LogP contribution in [0.1, 0.15) is 28.1 Å². The Hall–Kier alpha value is -2.88. The van der Waals surface area contributed by atoms with Crippen molar-refractivity contribution in [1.82, 2.24) is 0 Å². The standard InChI is InChI=1S/C20H17NO3/c1-13-6-4-7-14-8-5-11-21(19(13)14)20(23)18-12-16(22)15-9-2-3-10-17(15)24-18/h2-4,6-7,9-10,12H,5,8,11H2,1H3. The lowest BCUT2D eigenvalue weighted by Gasteiger charge is -2.30. The number of hydrogen-bond donors (Lipinski definition) is 0. The zero-order valence-corrected chi connectivity index (χ0v) is 13.4. The van der Waals surface area contributed by atoms with Crippen molar-refractivity contribution in [2.24, 2.45) is 0 Å². The second-order valence-corrected chi connectivity index (χ2v) is 6.11. The van der Waals surface area contributed by atoms with Crippen LogP contribution in [0, 0.1) is 6.92 Å². The number of rotatable bonds is 1. The summed E-state index contributed by atoms with van der Waals surface area (Å²) in [6.07, 6.45) is 1.86. The zero-order chi connectivity index (χ0) is 16.7. The smallest absolute Gasteiger partial charge is 0.294 e. The van der Waals surface area contributed by atoms with Gasteiger partial charge in [-0.2, -0.15) is 0 Å². The molecule has 0 spiro atoms. The number of fused-ring (bicyclic) bond motifs is 2. The summed E-state index contributed by atoms with van der Waals surface area (Å²) in [6.45, 7) is 2.63. The summed E-state index contributed by atoms with van der Waals surface area (Å²) in [5.41, 5.74) is 3.42. The van der Waals surface area contributed by atoms with Crippen molar-refractivity contribution in [3.63, 3.8) is 0 Å². The minimum absolute atomic E-state index is 0.0924. The van der Waals surface area contributed by atoms with Gasteiger partial charge in [0.2, 0.25) is 0 Å². The van der Waals surface area contributed by atoms with E-state index in [4.69, 9.17) is 4.42 Å². The fourth-order valence-electron chi connectivity index (χ4n) is 3.39. The number of amides is 1. The molecule has 1 aliphatic rings. The number of para-hydroxylation sites is 2. The van der Waals surface area contributed by atoms with Gasteiger partial charge in [-0.1, -0.05) is 30.3 Å². The van der Waals surface area contributed by atoms with Crippen LogP contribution in [0.5, 0.6) is 0 Å². The van der Waals surface area contributed by atoms with Crippen LogP contribution in [-0.2, 0) is 6.42 Å². The van der Waals surface area contributed by atoms with Gasteiger partial charge < -0.3 is 9.32 Å². The average molecular weight is 319 g/mol. The maximum absolute atomic E-state index is 13.0. The first-order chi connectivity index (χ1) is 11.6. The Morgan fingerprint density at radius 3 is 2.83 bits per heavy atom. The molecular formula is C20H17NO3. The van der Waals surface area contributed by atoms with Gasteiger partial charge in [0.25, 0.3) is 5.91 Å². The van der Waals surface area contributed by atoms with Crippen LogP contribution in [0.15, 0.2) is 57.7 Å². The number of nitrogens with zero attached hydrogens (tertiary/aromatic N) is 1. The molecule has 4 heteroatoms. The van der Waals surface area contributed by atoms with Crippen LogP contribution in [0.3, 0.4) is 0 Å². The summed E-state index contributed by atoms with van der Waals surface area (Å²) in [4.78, 5) is 27.0. The molecule has 1 aliphatic heterocycles. The van der Waals surface area contributed by atoms with Crippen molar-refractivity contribution in [1.29, 1.82) is 0 Å². The third kappa shape index (κ3) is 2.31. The Kier molecular flexibility index (Phi) is 3.45. The molecule has 0 aliphatic carbocycles. The molecule has 0 bridgehead atoms. The summed E-state index contributed by atoms with van der Waals surface area (Å²) < 4.78 is 5.72. The molecule has 0 saturated heterocycles. The van der Waals surface area contributed by atoms with Crippen molar-refractivity contribution < 1.29 is 9.21 Å². The van der Waals surface area contributed by atoms with E-state index in [-0.39, 0.29) is 17.1 Å². The topological polar surface area (TPSA) is 50.5 Å². The fourth-order valence-corrected chi connectivity index (χ4v) is 3.39. The maximum atomic E-state index is 13.0. The summed E-state index contributed by atoms with van der Waals surface area (Å²) in [5.74, 6) is -0.164. The van der Waals surface area contributed by atoms with E-state index in [0.717, 1.165) is 29.7 Å². The minimum Gasteiger partial charge on any atom is -0.451 e. The van der Waals surface area contributed by atoms with Crippen molar-refractivity contribution in [3.05, 3.63) is 75.6 Å². The maximum Gasteiger partial charge on any atom is 0.294 e. The predicted octanol–water partition coefficient (Wildman–Crippen LogP) is 3.69. The molecule has 1 amide bonds. The van der Waals surface area contributed by atoms with E-state index in [1.807, 2.05) is 19.1 Å². The second-order valence-electron chi connectivity index (χ2n) is 6.11. The summed E-state index contributed by atoms with van der Waals surface area (Å²) in [6, 6.07) is 14.4. The Balaban J connectivity index is 1.82. The average Bonchev–Trinajstić information content (AvgIpc) is 2.61. The monoisotopic (exact) mass is 319 g/mol. The van der Waals surface area contributed by atoms with Crippen LogP contribution in [0.2, 0.25) is 0 Å². The first kappa shape index (κ1) is 14.7. The van der Waals surface area contributed by atoms with E-state index in [2.05, 4.69) is 6.07 Å². The lowest BCUT2D eigenvalue weighted by atomic mass is 9.98. The second kappa shape index (κ2) is 5.64. The van der Waals surface area contributed by atoms with E-state index < -0.39 is 0 Å². The van der Waals surface area contributed by atoms with Gasteiger partial charge in [-0.15, -0.1) is 0 Å². The van der Waals surface area contributed by atoms with E-state index in [9.17, 15) is 9.59 Å². The van der Waals surface area contributed by atoms with Crippen LogP contribution in [0.4, 0.5) is 5.69 Å². The highest BCUT2D eigenvalue weighted by Crippen LogP contribution is 2.31. The van der Waals surface area contributed by atoms with E-state index in [1.165, 1.54) is 6.07 Å².